The van der Waals surface area contributed by atoms with Crippen LogP contribution in [0.15, 0.2) is 59.5 Å². The Morgan fingerprint density at radius 3 is 2.27 bits per heavy atom. The molecule has 0 amide bonds. The highest BCUT2D eigenvalue weighted by Gasteiger charge is 2.38. The average molecular weight is 372 g/mol. The number of nitrogens with zero attached hydrogens (tertiary/aromatic N) is 1. The normalized spacial score (nSPS) is 18.4. The maximum atomic E-state index is 11.9. The van der Waals surface area contributed by atoms with Crippen LogP contribution >= 0.6 is 11.8 Å². The molecule has 0 radical (unpaired) electrons. The van der Waals surface area contributed by atoms with Crippen LogP contribution in [0.3, 0.4) is 0 Å². The second-order valence-electron chi connectivity index (χ2n) is 6.68. The van der Waals surface area contributed by atoms with Gasteiger partial charge in [0.15, 0.2) is 0 Å². The Kier molecular flexibility index (Phi) is 6.01. The fraction of sp³-hybridized carbons (Fsp3) is 0.381. The third kappa shape index (κ3) is 4.11. The van der Waals surface area contributed by atoms with Gasteiger partial charge < -0.3 is 10.2 Å². The van der Waals surface area contributed by atoms with Gasteiger partial charge in [0.05, 0.1) is 5.60 Å². The lowest BCUT2D eigenvalue weighted by atomic mass is 9.83. The number of carboxylic acids is 1. The van der Waals surface area contributed by atoms with Crippen molar-refractivity contribution in [1.29, 1.82) is 0 Å². The zero-order chi connectivity index (χ0) is 18.6. The first-order valence-corrected chi connectivity index (χ1v) is 9.99. The average Bonchev–Trinajstić information content (AvgIpc) is 2.66. The monoisotopic (exact) mass is 371 g/mol. The zero-order valence-corrected chi connectivity index (χ0v) is 15.8. The molecule has 26 heavy (non-hydrogen) atoms. The molecule has 2 N–H and O–H groups in total. The van der Waals surface area contributed by atoms with Gasteiger partial charge in [-0.05, 0) is 41.9 Å². The summed E-state index contributed by atoms with van der Waals surface area (Å²) >= 11 is 1.74. The number of carbonyl (C=O) groups is 1. The van der Waals surface area contributed by atoms with Crippen LogP contribution in [-0.4, -0.2) is 39.9 Å². The molecule has 1 aliphatic rings. The van der Waals surface area contributed by atoms with Crippen LogP contribution in [0.2, 0.25) is 0 Å². The van der Waals surface area contributed by atoms with Crippen LogP contribution in [0.1, 0.15) is 36.9 Å². The van der Waals surface area contributed by atoms with Crippen LogP contribution in [-0.2, 0) is 10.4 Å². The maximum absolute atomic E-state index is 11.9. The zero-order valence-electron chi connectivity index (χ0n) is 15.0. The first-order valence-electron chi connectivity index (χ1n) is 9.01. The number of likely N-dealkylation sites (tertiary alicyclic amines) is 1. The third-order valence-electron chi connectivity index (χ3n) is 5.04. The molecule has 1 atom stereocenters. The first-order chi connectivity index (χ1) is 12.5. The van der Waals surface area contributed by atoms with Crippen molar-refractivity contribution in [1.82, 2.24) is 4.90 Å². The van der Waals surface area contributed by atoms with Crippen LogP contribution in [0.5, 0.6) is 0 Å². The molecule has 1 aliphatic heterocycles. The molecular weight excluding hydrogens is 346 g/mol. The Morgan fingerprint density at radius 1 is 1.12 bits per heavy atom. The largest absolute Gasteiger partial charge is 0.480 e. The van der Waals surface area contributed by atoms with Gasteiger partial charge in [-0.25, -0.2) is 0 Å². The Balaban J connectivity index is 1.73. The van der Waals surface area contributed by atoms with Crippen LogP contribution in [0, 0.1) is 0 Å². The maximum Gasteiger partial charge on any atom is 0.325 e. The van der Waals surface area contributed by atoms with Crippen LogP contribution in [0.25, 0.3) is 0 Å². The van der Waals surface area contributed by atoms with E-state index in [9.17, 15) is 15.0 Å². The fourth-order valence-corrected chi connectivity index (χ4v) is 4.27. The Bertz CT molecular complexity index is 725. The Morgan fingerprint density at radius 2 is 1.73 bits per heavy atom. The number of hydrogen-bond acceptors (Lipinski definition) is 4. The molecule has 0 aromatic heterocycles. The fourth-order valence-electron chi connectivity index (χ4n) is 3.61. The van der Waals surface area contributed by atoms with Crippen molar-refractivity contribution in [3.63, 3.8) is 0 Å². The van der Waals surface area contributed by atoms with E-state index < -0.39 is 17.6 Å². The summed E-state index contributed by atoms with van der Waals surface area (Å²) in [6.45, 7) is 3.20. The molecule has 0 bridgehead atoms. The van der Waals surface area contributed by atoms with Gasteiger partial charge in [0.1, 0.15) is 6.04 Å². The number of thioether (sulfide) groups is 1. The molecule has 2 aromatic carbocycles. The number of benzene rings is 2. The van der Waals surface area contributed by atoms with Crippen molar-refractivity contribution in [3.05, 3.63) is 65.7 Å². The number of aliphatic hydroxyl groups is 1. The standard InChI is InChI=1S/C21H25NO3S/c1-2-26-18-10-8-16(9-11-18)19(20(23)24)22-14-12-21(25,13-15-22)17-6-4-3-5-7-17/h3-11,19,25H,2,12-15H2,1H3,(H,23,24). The molecule has 0 saturated carbocycles. The first kappa shape index (κ1) is 19.0. The summed E-state index contributed by atoms with van der Waals surface area (Å²) in [6, 6.07) is 16.8. The topological polar surface area (TPSA) is 60.8 Å². The van der Waals surface area contributed by atoms with E-state index in [-0.39, 0.29) is 0 Å². The second-order valence-corrected chi connectivity index (χ2v) is 8.01. The highest BCUT2D eigenvalue weighted by Crippen LogP contribution is 2.36. The van der Waals surface area contributed by atoms with Gasteiger partial charge >= 0.3 is 5.97 Å². The highest BCUT2D eigenvalue weighted by molar-refractivity contribution is 7.99. The van der Waals surface area contributed by atoms with Gasteiger partial charge in [-0.15, -0.1) is 11.8 Å². The molecule has 1 unspecified atom stereocenters. The van der Waals surface area contributed by atoms with Gasteiger partial charge in [-0.2, -0.15) is 0 Å². The number of piperidine rings is 1. The van der Waals surface area contributed by atoms with E-state index in [2.05, 4.69) is 6.92 Å². The van der Waals surface area contributed by atoms with Crippen molar-refractivity contribution in [2.75, 3.05) is 18.8 Å². The van der Waals surface area contributed by atoms with Crippen molar-refractivity contribution in [2.24, 2.45) is 0 Å². The van der Waals surface area contributed by atoms with E-state index in [1.807, 2.05) is 59.5 Å². The SMILES string of the molecule is CCSc1ccc(C(C(=O)O)N2CCC(O)(c3ccccc3)CC2)cc1. The smallest absolute Gasteiger partial charge is 0.325 e. The molecule has 1 fully saturated rings. The summed E-state index contributed by atoms with van der Waals surface area (Å²) in [5, 5.41) is 20.8. The Labute approximate surface area is 158 Å². The third-order valence-corrected chi connectivity index (χ3v) is 5.94. The minimum atomic E-state index is -0.873. The van der Waals surface area contributed by atoms with Crippen LogP contribution < -0.4 is 0 Å². The summed E-state index contributed by atoms with van der Waals surface area (Å²) in [5.41, 5.74) is 0.832. The number of rotatable bonds is 6. The van der Waals surface area contributed by atoms with Gasteiger partial charge in [-0.1, -0.05) is 49.4 Å². The molecule has 2 aromatic rings. The summed E-state index contributed by atoms with van der Waals surface area (Å²) < 4.78 is 0. The van der Waals surface area contributed by atoms with E-state index in [4.69, 9.17) is 0 Å². The molecule has 1 heterocycles. The molecule has 3 rings (SSSR count). The van der Waals surface area contributed by atoms with Gasteiger partial charge in [0, 0.05) is 18.0 Å². The van der Waals surface area contributed by atoms with Gasteiger partial charge in [0.2, 0.25) is 0 Å². The van der Waals surface area contributed by atoms with Gasteiger partial charge in [-0.3, -0.25) is 9.69 Å². The lowest BCUT2D eigenvalue weighted by Crippen LogP contribution is -2.45. The number of aliphatic carboxylic acids is 1. The summed E-state index contributed by atoms with van der Waals surface area (Å²) in [4.78, 5) is 15.0. The van der Waals surface area contributed by atoms with E-state index in [0.29, 0.717) is 25.9 Å². The lowest BCUT2D eigenvalue weighted by molar-refractivity contribution is -0.146. The Hall–Kier alpha value is -1.82. The highest BCUT2D eigenvalue weighted by atomic mass is 32.2. The summed E-state index contributed by atoms with van der Waals surface area (Å²) in [7, 11) is 0. The molecule has 4 nitrogen and oxygen atoms in total. The predicted octanol–water partition coefficient (Wildman–Crippen LogP) is 3.91. The van der Waals surface area contributed by atoms with Crippen molar-refractivity contribution in [3.8, 4) is 0 Å². The van der Waals surface area contributed by atoms with Crippen molar-refractivity contribution in [2.45, 2.75) is 36.3 Å². The predicted molar refractivity (Wildman–Crippen MR) is 104 cm³/mol. The number of carboxylic acid groups (broad SMARTS) is 1. The van der Waals surface area contributed by atoms with E-state index >= 15 is 0 Å². The van der Waals surface area contributed by atoms with E-state index in [1.165, 1.54) is 0 Å². The molecule has 0 aliphatic carbocycles. The minimum absolute atomic E-state index is 0.532. The van der Waals surface area contributed by atoms with E-state index in [0.717, 1.165) is 21.8 Å². The summed E-state index contributed by atoms with van der Waals surface area (Å²) in [6.07, 6.45) is 1.06. The summed E-state index contributed by atoms with van der Waals surface area (Å²) in [5.74, 6) is 0.150. The van der Waals surface area contributed by atoms with E-state index in [1.54, 1.807) is 11.8 Å². The molecule has 0 spiro atoms. The molecule has 5 heteroatoms. The molecule has 1 saturated heterocycles. The molecule has 138 valence electrons. The van der Waals surface area contributed by atoms with Gasteiger partial charge in [0.25, 0.3) is 0 Å². The minimum Gasteiger partial charge on any atom is -0.480 e. The van der Waals surface area contributed by atoms with Crippen molar-refractivity contribution < 1.29 is 15.0 Å². The second kappa shape index (κ2) is 8.25. The van der Waals surface area contributed by atoms with Crippen LogP contribution in [0.4, 0.5) is 0 Å². The van der Waals surface area contributed by atoms with Crippen molar-refractivity contribution >= 4 is 17.7 Å². The molecular formula is C21H25NO3S. The quantitative estimate of drug-likeness (QED) is 0.754. The lowest BCUT2D eigenvalue weighted by Gasteiger charge is -2.40. The number of hydrogen-bond donors (Lipinski definition) is 2.